The second-order valence-electron chi connectivity index (χ2n) is 7.05. The summed E-state index contributed by atoms with van der Waals surface area (Å²) in [4.78, 5) is 20.6. The fraction of sp³-hybridized carbons (Fsp3) is 0.286. The van der Waals surface area contributed by atoms with Gasteiger partial charge in [-0.1, -0.05) is 0 Å². The number of carbonyl (C=O) groups is 1. The Balaban J connectivity index is 1.84. The molecule has 0 radical (unpaired) electrons. The second-order valence-corrected chi connectivity index (χ2v) is 7.05. The number of aryl methyl sites for hydroxylation is 1. The highest BCUT2D eigenvalue weighted by Crippen LogP contribution is 2.32. The third-order valence-corrected chi connectivity index (χ3v) is 4.66. The van der Waals surface area contributed by atoms with Gasteiger partial charge in [0.1, 0.15) is 17.5 Å². The summed E-state index contributed by atoms with van der Waals surface area (Å²) in [6.07, 6.45) is -4.14. The Morgan fingerprint density at radius 1 is 1.06 bits per heavy atom. The summed E-state index contributed by atoms with van der Waals surface area (Å²) < 4.78 is 65.3. The summed E-state index contributed by atoms with van der Waals surface area (Å²) in [5, 5.41) is 7.94. The lowest BCUT2D eigenvalue weighted by Crippen LogP contribution is -2.30. The van der Waals surface area contributed by atoms with E-state index < -0.39 is 30.3 Å². The van der Waals surface area contributed by atoms with Crippen LogP contribution in [-0.4, -0.2) is 35.8 Å². The molecule has 0 aliphatic heterocycles. The molecule has 2 aromatic heterocycles. The molecule has 0 aliphatic rings. The first-order valence-corrected chi connectivity index (χ1v) is 9.63. The van der Waals surface area contributed by atoms with Crippen LogP contribution in [0.4, 0.5) is 38.3 Å². The average molecular weight is 453 g/mol. The SMILES string of the molecule is CNc1cc2nc(C)c(-c3cc(NC(=O)NCCCC(F)(F)F)c(F)cc3F)cc2cn1. The third-order valence-electron chi connectivity index (χ3n) is 4.66. The maximum Gasteiger partial charge on any atom is 0.389 e. The Morgan fingerprint density at radius 3 is 2.50 bits per heavy atom. The van der Waals surface area contributed by atoms with E-state index in [9.17, 15) is 26.7 Å². The summed E-state index contributed by atoms with van der Waals surface area (Å²) in [5.41, 5.74) is 1.16. The lowest BCUT2D eigenvalue weighted by Gasteiger charge is -2.13. The molecule has 0 bridgehead atoms. The van der Waals surface area contributed by atoms with Crippen molar-refractivity contribution in [2.75, 3.05) is 24.2 Å². The first-order valence-electron chi connectivity index (χ1n) is 9.63. The molecule has 3 rings (SSSR count). The third kappa shape index (κ3) is 5.59. The standard InChI is InChI=1S/C21H20F5N5O/c1-11-13(6-12-10-29-19(27-2)9-17(12)30-11)14-7-18(16(23)8-15(14)22)31-20(32)28-5-3-4-21(24,25)26/h6-10H,3-5H2,1-2H3,(H,27,29)(H2,28,31,32). The van der Waals surface area contributed by atoms with E-state index in [1.165, 1.54) is 0 Å². The molecule has 32 heavy (non-hydrogen) atoms. The highest BCUT2D eigenvalue weighted by molar-refractivity contribution is 5.91. The second kappa shape index (κ2) is 9.33. The Hall–Kier alpha value is -3.50. The minimum atomic E-state index is -4.33. The van der Waals surface area contributed by atoms with Crippen LogP contribution in [0.2, 0.25) is 0 Å². The first-order chi connectivity index (χ1) is 15.1. The van der Waals surface area contributed by atoms with Crippen molar-refractivity contribution in [2.24, 2.45) is 0 Å². The van der Waals surface area contributed by atoms with Gasteiger partial charge in [-0.2, -0.15) is 13.2 Å². The maximum absolute atomic E-state index is 14.6. The van der Waals surface area contributed by atoms with Crippen LogP contribution >= 0.6 is 0 Å². The van der Waals surface area contributed by atoms with Gasteiger partial charge in [0.2, 0.25) is 0 Å². The monoisotopic (exact) mass is 453 g/mol. The summed E-state index contributed by atoms with van der Waals surface area (Å²) in [6.45, 7) is 1.41. The van der Waals surface area contributed by atoms with Gasteiger partial charge in [0.15, 0.2) is 0 Å². The zero-order chi connectivity index (χ0) is 23.5. The van der Waals surface area contributed by atoms with Crippen LogP contribution < -0.4 is 16.0 Å². The Morgan fingerprint density at radius 2 is 1.81 bits per heavy atom. The summed E-state index contributed by atoms with van der Waals surface area (Å²) in [5.74, 6) is -1.27. The van der Waals surface area contributed by atoms with E-state index in [0.29, 0.717) is 34.0 Å². The lowest BCUT2D eigenvalue weighted by atomic mass is 10.0. The lowest BCUT2D eigenvalue weighted by molar-refractivity contribution is -0.135. The van der Waals surface area contributed by atoms with E-state index in [1.807, 2.05) is 0 Å². The number of aromatic nitrogens is 2. The molecule has 0 fully saturated rings. The topological polar surface area (TPSA) is 78.9 Å². The van der Waals surface area contributed by atoms with Gasteiger partial charge in [0.05, 0.1) is 11.2 Å². The van der Waals surface area contributed by atoms with Crippen molar-refractivity contribution in [3.63, 3.8) is 0 Å². The highest BCUT2D eigenvalue weighted by atomic mass is 19.4. The number of nitrogens with zero attached hydrogens (tertiary/aromatic N) is 2. The van der Waals surface area contributed by atoms with Gasteiger partial charge in [-0.3, -0.25) is 4.98 Å². The molecular formula is C21H20F5N5O. The maximum atomic E-state index is 14.6. The summed E-state index contributed by atoms with van der Waals surface area (Å²) >= 11 is 0. The first kappa shape index (κ1) is 23.2. The average Bonchev–Trinajstić information content (AvgIpc) is 2.72. The van der Waals surface area contributed by atoms with Crippen molar-refractivity contribution in [1.82, 2.24) is 15.3 Å². The minimum absolute atomic E-state index is 0.00312. The van der Waals surface area contributed by atoms with E-state index in [2.05, 4.69) is 25.9 Å². The van der Waals surface area contributed by atoms with Gasteiger partial charge in [-0.05, 0) is 25.5 Å². The number of urea groups is 1. The molecule has 2 amide bonds. The molecule has 0 spiro atoms. The van der Waals surface area contributed by atoms with Crippen LogP contribution in [-0.2, 0) is 0 Å². The Labute approximate surface area is 180 Å². The van der Waals surface area contributed by atoms with Gasteiger partial charge in [-0.25, -0.2) is 18.6 Å². The molecule has 0 unspecified atom stereocenters. The number of amides is 2. The van der Waals surface area contributed by atoms with Gasteiger partial charge < -0.3 is 16.0 Å². The molecule has 11 heteroatoms. The van der Waals surface area contributed by atoms with Gasteiger partial charge >= 0.3 is 12.2 Å². The number of fused-ring (bicyclic) bond motifs is 1. The Bertz CT molecular complexity index is 1150. The number of anilines is 2. The molecule has 0 atom stereocenters. The van der Waals surface area contributed by atoms with E-state index in [4.69, 9.17) is 0 Å². The van der Waals surface area contributed by atoms with Gasteiger partial charge in [-0.15, -0.1) is 0 Å². The molecule has 0 saturated carbocycles. The number of hydrogen-bond donors (Lipinski definition) is 3. The number of pyridine rings is 2. The normalized spacial score (nSPS) is 11.5. The van der Waals surface area contributed by atoms with Crippen molar-refractivity contribution in [3.8, 4) is 11.1 Å². The number of alkyl halides is 3. The number of nitrogens with one attached hydrogen (secondary N) is 3. The van der Waals surface area contributed by atoms with Crippen molar-refractivity contribution in [1.29, 1.82) is 0 Å². The Kier molecular flexibility index (Phi) is 6.75. The molecule has 1 aromatic carbocycles. The predicted molar refractivity (Wildman–Crippen MR) is 111 cm³/mol. The van der Waals surface area contributed by atoms with E-state index in [0.717, 1.165) is 6.07 Å². The van der Waals surface area contributed by atoms with E-state index in [-0.39, 0.29) is 24.2 Å². The van der Waals surface area contributed by atoms with Crippen LogP contribution in [0.3, 0.4) is 0 Å². The number of rotatable bonds is 6. The number of benzene rings is 1. The summed E-state index contributed by atoms with van der Waals surface area (Å²) in [6, 6.07) is 4.22. The van der Waals surface area contributed by atoms with E-state index in [1.54, 1.807) is 32.3 Å². The molecule has 3 aromatic rings. The van der Waals surface area contributed by atoms with Gasteiger partial charge in [0.25, 0.3) is 0 Å². The van der Waals surface area contributed by atoms with Gasteiger partial charge in [0, 0.05) is 60.5 Å². The van der Waals surface area contributed by atoms with Crippen molar-refractivity contribution < 1.29 is 26.7 Å². The van der Waals surface area contributed by atoms with Crippen molar-refractivity contribution >= 4 is 28.4 Å². The molecule has 2 heterocycles. The van der Waals surface area contributed by atoms with E-state index >= 15 is 0 Å². The number of hydrogen-bond acceptors (Lipinski definition) is 4. The molecule has 170 valence electrons. The molecule has 0 aliphatic carbocycles. The van der Waals surface area contributed by atoms with Crippen LogP contribution in [0.25, 0.3) is 22.0 Å². The molecular weight excluding hydrogens is 433 g/mol. The molecule has 3 N–H and O–H groups in total. The van der Waals surface area contributed by atoms with Crippen LogP contribution in [0.15, 0.2) is 30.5 Å². The zero-order valence-corrected chi connectivity index (χ0v) is 17.2. The van der Waals surface area contributed by atoms with Crippen LogP contribution in [0.5, 0.6) is 0 Å². The number of halogens is 5. The smallest absolute Gasteiger partial charge is 0.373 e. The zero-order valence-electron chi connectivity index (χ0n) is 17.2. The minimum Gasteiger partial charge on any atom is -0.373 e. The fourth-order valence-electron chi connectivity index (χ4n) is 3.08. The number of carbonyl (C=O) groups excluding carboxylic acids is 1. The fourth-order valence-corrected chi connectivity index (χ4v) is 3.08. The van der Waals surface area contributed by atoms with Crippen molar-refractivity contribution in [3.05, 3.63) is 47.8 Å². The predicted octanol–water partition coefficient (Wildman–Crippen LogP) is 5.39. The van der Waals surface area contributed by atoms with Crippen LogP contribution in [0.1, 0.15) is 18.5 Å². The highest BCUT2D eigenvalue weighted by Gasteiger charge is 2.26. The largest absolute Gasteiger partial charge is 0.389 e. The van der Waals surface area contributed by atoms with Crippen LogP contribution in [0, 0.1) is 18.6 Å². The summed E-state index contributed by atoms with van der Waals surface area (Å²) in [7, 11) is 1.71. The quantitative estimate of drug-likeness (QED) is 0.346. The molecule has 0 saturated heterocycles. The molecule has 6 nitrogen and oxygen atoms in total. The van der Waals surface area contributed by atoms with Crippen molar-refractivity contribution in [2.45, 2.75) is 25.9 Å².